The summed E-state index contributed by atoms with van der Waals surface area (Å²) in [5.41, 5.74) is 2.94. The SMILES string of the molecule is N#Cc1ccc(-c2c[nH]c(=O)c(Br)c2OCc2ccccc2)cc1. The fraction of sp³-hybridized carbons (Fsp3) is 0.0526. The smallest absolute Gasteiger partial charge is 0.266 e. The molecule has 0 saturated heterocycles. The maximum atomic E-state index is 11.9. The lowest BCUT2D eigenvalue weighted by Gasteiger charge is -2.13. The average Bonchev–Trinajstić information content (AvgIpc) is 2.64. The summed E-state index contributed by atoms with van der Waals surface area (Å²) < 4.78 is 6.26. The third kappa shape index (κ3) is 3.39. The van der Waals surface area contributed by atoms with E-state index < -0.39 is 0 Å². The van der Waals surface area contributed by atoms with Crippen LogP contribution in [0.25, 0.3) is 11.1 Å². The van der Waals surface area contributed by atoms with Gasteiger partial charge in [-0.2, -0.15) is 5.26 Å². The number of aromatic amines is 1. The Morgan fingerprint density at radius 2 is 1.79 bits per heavy atom. The monoisotopic (exact) mass is 380 g/mol. The summed E-state index contributed by atoms with van der Waals surface area (Å²) in [5, 5.41) is 8.91. The summed E-state index contributed by atoms with van der Waals surface area (Å²) in [5.74, 6) is 0.479. The molecule has 0 aliphatic carbocycles. The van der Waals surface area contributed by atoms with Crippen LogP contribution in [0, 0.1) is 11.3 Å². The number of ether oxygens (including phenoxy) is 1. The molecule has 3 aromatic rings. The van der Waals surface area contributed by atoms with Gasteiger partial charge in [-0.1, -0.05) is 42.5 Å². The summed E-state index contributed by atoms with van der Waals surface area (Å²) in [6.45, 7) is 0.353. The van der Waals surface area contributed by atoms with Gasteiger partial charge in [-0.3, -0.25) is 4.79 Å². The molecule has 1 aromatic heterocycles. The van der Waals surface area contributed by atoms with Crippen LogP contribution in [-0.4, -0.2) is 4.98 Å². The fourth-order valence-corrected chi connectivity index (χ4v) is 2.74. The van der Waals surface area contributed by atoms with Crippen LogP contribution in [0.5, 0.6) is 5.75 Å². The van der Waals surface area contributed by atoms with Crippen LogP contribution in [0.1, 0.15) is 11.1 Å². The van der Waals surface area contributed by atoms with Crippen LogP contribution in [0.3, 0.4) is 0 Å². The van der Waals surface area contributed by atoms with Gasteiger partial charge >= 0.3 is 0 Å². The molecule has 4 nitrogen and oxygen atoms in total. The largest absolute Gasteiger partial charge is 0.487 e. The lowest BCUT2D eigenvalue weighted by molar-refractivity contribution is 0.305. The van der Waals surface area contributed by atoms with Crippen molar-refractivity contribution in [2.75, 3.05) is 0 Å². The van der Waals surface area contributed by atoms with Crippen LogP contribution < -0.4 is 10.3 Å². The van der Waals surface area contributed by atoms with Crippen LogP contribution in [0.15, 0.2) is 70.1 Å². The summed E-state index contributed by atoms with van der Waals surface area (Å²) in [6.07, 6.45) is 1.62. The van der Waals surface area contributed by atoms with Gasteiger partial charge in [0.25, 0.3) is 5.56 Å². The lowest BCUT2D eigenvalue weighted by atomic mass is 10.1. The summed E-state index contributed by atoms with van der Waals surface area (Å²) in [6, 6.07) is 18.9. The zero-order valence-electron chi connectivity index (χ0n) is 12.6. The maximum absolute atomic E-state index is 11.9. The quantitative estimate of drug-likeness (QED) is 0.735. The molecule has 0 amide bonds. The molecule has 118 valence electrons. The number of H-pyrrole nitrogens is 1. The van der Waals surface area contributed by atoms with Gasteiger partial charge in [-0.25, -0.2) is 0 Å². The van der Waals surface area contributed by atoms with Gasteiger partial charge in [0.05, 0.1) is 11.6 Å². The van der Waals surface area contributed by atoms with Gasteiger partial charge in [0.2, 0.25) is 0 Å². The first-order valence-electron chi connectivity index (χ1n) is 7.27. The Morgan fingerprint density at radius 1 is 1.08 bits per heavy atom. The van der Waals surface area contributed by atoms with E-state index in [2.05, 4.69) is 27.0 Å². The first-order chi connectivity index (χ1) is 11.7. The standard InChI is InChI=1S/C19H13BrN2O2/c20-17-18(24-12-14-4-2-1-3-5-14)16(11-22-19(17)23)15-8-6-13(10-21)7-9-15/h1-9,11H,12H2,(H,22,23). The van der Waals surface area contributed by atoms with E-state index in [0.29, 0.717) is 22.4 Å². The molecule has 0 saturated carbocycles. The van der Waals surface area contributed by atoms with Crippen molar-refractivity contribution in [1.82, 2.24) is 4.98 Å². The Hall–Kier alpha value is -2.84. The van der Waals surface area contributed by atoms with Crippen molar-refractivity contribution in [3.05, 3.63) is 86.7 Å². The minimum atomic E-state index is -0.254. The molecule has 1 heterocycles. The Labute approximate surface area is 147 Å². The molecule has 5 heteroatoms. The molecular weight excluding hydrogens is 368 g/mol. The van der Waals surface area contributed by atoms with Gasteiger partial charge in [-0.15, -0.1) is 0 Å². The van der Waals surface area contributed by atoms with Gasteiger partial charge in [0.15, 0.2) is 0 Å². The number of pyridine rings is 1. The van der Waals surface area contributed by atoms with Crippen LogP contribution in [-0.2, 0) is 6.61 Å². The number of halogens is 1. The molecular formula is C19H13BrN2O2. The van der Waals surface area contributed by atoms with Crippen molar-refractivity contribution in [3.63, 3.8) is 0 Å². The molecule has 1 N–H and O–H groups in total. The molecule has 2 aromatic carbocycles. The summed E-state index contributed by atoms with van der Waals surface area (Å²) >= 11 is 3.31. The molecule has 0 radical (unpaired) electrons. The van der Waals surface area contributed by atoms with E-state index in [9.17, 15) is 4.79 Å². The number of aromatic nitrogens is 1. The second kappa shape index (κ2) is 7.16. The van der Waals surface area contributed by atoms with E-state index in [1.807, 2.05) is 42.5 Å². The fourth-order valence-electron chi connectivity index (χ4n) is 2.30. The predicted octanol–water partition coefficient (Wildman–Crippen LogP) is 4.26. The van der Waals surface area contributed by atoms with Crippen molar-refractivity contribution in [2.45, 2.75) is 6.61 Å². The Morgan fingerprint density at radius 3 is 2.46 bits per heavy atom. The zero-order valence-corrected chi connectivity index (χ0v) is 14.2. The van der Waals surface area contributed by atoms with Crippen molar-refractivity contribution in [3.8, 4) is 22.9 Å². The second-order valence-electron chi connectivity index (χ2n) is 5.14. The number of nitriles is 1. The highest BCUT2D eigenvalue weighted by molar-refractivity contribution is 9.10. The van der Waals surface area contributed by atoms with Crippen LogP contribution in [0.2, 0.25) is 0 Å². The predicted molar refractivity (Wildman–Crippen MR) is 95.7 cm³/mol. The number of rotatable bonds is 4. The van der Waals surface area contributed by atoms with E-state index >= 15 is 0 Å². The van der Waals surface area contributed by atoms with Gasteiger partial charge in [0, 0.05) is 11.8 Å². The highest BCUT2D eigenvalue weighted by atomic mass is 79.9. The third-order valence-electron chi connectivity index (χ3n) is 3.54. The van der Waals surface area contributed by atoms with E-state index in [0.717, 1.165) is 16.7 Å². The highest BCUT2D eigenvalue weighted by Crippen LogP contribution is 2.34. The summed E-state index contributed by atoms with van der Waals surface area (Å²) in [7, 11) is 0. The van der Waals surface area contributed by atoms with E-state index in [1.54, 1.807) is 18.3 Å². The number of hydrogen-bond acceptors (Lipinski definition) is 3. The van der Waals surface area contributed by atoms with E-state index in [-0.39, 0.29) is 5.56 Å². The second-order valence-corrected chi connectivity index (χ2v) is 5.93. The molecule has 0 spiro atoms. The Kier molecular flexibility index (Phi) is 4.78. The van der Waals surface area contributed by atoms with Gasteiger partial charge < -0.3 is 9.72 Å². The van der Waals surface area contributed by atoms with Crippen molar-refractivity contribution < 1.29 is 4.74 Å². The molecule has 0 bridgehead atoms. The average molecular weight is 381 g/mol. The number of nitrogens with one attached hydrogen (secondary N) is 1. The van der Waals surface area contributed by atoms with Crippen LogP contribution >= 0.6 is 15.9 Å². The van der Waals surface area contributed by atoms with Crippen LogP contribution in [0.4, 0.5) is 0 Å². The molecule has 0 aliphatic rings. The first kappa shape index (κ1) is 16.0. The molecule has 24 heavy (non-hydrogen) atoms. The molecule has 0 fully saturated rings. The minimum absolute atomic E-state index is 0.254. The van der Waals surface area contributed by atoms with E-state index in [1.165, 1.54) is 0 Å². The number of nitrogens with zero attached hydrogens (tertiary/aromatic N) is 1. The van der Waals surface area contributed by atoms with Crippen molar-refractivity contribution >= 4 is 15.9 Å². The lowest BCUT2D eigenvalue weighted by Crippen LogP contribution is -2.10. The minimum Gasteiger partial charge on any atom is -0.487 e. The number of benzene rings is 2. The molecule has 0 unspecified atom stereocenters. The molecule has 0 atom stereocenters. The Bertz CT molecular complexity index is 942. The number of hydrogen-bond donors (Lipinski definition) is 1. The zero-order chi connectivity index (χ0) is 16.9. The topological polar surface area (TPSA) is 65.9 Å². The highest BCUT2D eigenvalue weighted by Gasteiger charge is 2.14. The van der Waals surface area contributed by atoms with Crippen molar-refractivity contribution in [1.29, 1.82) is 5.26 Å². The molecule has 3 rings (SSSR count). The maximum Gasteiger partial charge on any atom is 0.266 e. The Balaban J connectivity index is 1.98. The van der Waals surface area contributed by atoms with Gasteiger partial charge in [0.1, 0.15) is 16.8 Å². The summed E-state index contributed by atoms with van der Waals surface area (Å²) in [4.78, 5) is 14.6. The van der Waals surface area contributed by atoms with E-state index in [4.69, 9.17) is 10.00 Å². The third-order valence-corrected chi connectivity index (χ3v) is 4.26. The van der Waals surface area contributed by atoms with Gasteiger partial charge in [-0.05, 0) is 39.2 Å². The normalized spacial score (nSPS) is 10.2. The van der Waals surface area contributed by atoms with Crippen molar-refractivity contribution in [2.24, 2.45) is 0 Å². The molecule has 0 aliphatic heterocycles. The first-order valence-corrected chi connectivity index (χ1v) is 8.07.